The Labute approximate surface area is 58.1 Å². The number of carbonyl (C=O) groups is 1. The van der Waals surface area contributed by atoms with Gasteiger partial charge in [-0.25, -0.2) is 0 Å². The van der Waals surface area contributed by atoms with Crippen LogP contribution in [0.4, 0.5) is 0 Å². The van der Waals surface area contributed by atoms with Crippen LogP contribution < -0.4 is 11.2 Å². The van der Waals surface area contributed by atoms with Crippen molar-refractivity contribution in [3.63, 3.8) is 0 Å². The molecule has 0 aliphatic rings. The monoisotopic (exact) mass is 145 g/mol. The minimum absolute atomic E-state index is 0.0520. The standard InChI is InChI=1S/C4H7N3OS/c1-3(2-8)6-7-4(5)9/h2H,1H3,(H3,5,7,9)/b6-3+. The molecular formula is C4H7N3OS. The maximum Gasteiger partial charge on any atom is 0.184 e. The van der Waals surface area contributed by atoms with E-state index in [1.807, 2.05) is 0 Å². The number of nitrogens with zero attached hydrogens (tertiary/aromatic N) is 1. The van der Waals surface area contributed by atoms with Crippen LogP contribution in [-0.4, -0.2) is 17.1 Å². The van der Waals surface area contributed by atoms with Crippen molar-refractivity contribution < 1.29 is 4.79 Å². The Morgan fingerprint density at radius 1 is 1.89 bits per heavy atom. The molecule has 0 bridgehead atoms. The van der Waals surface area contributed by atoms with Crippen LogP contribution in [0, 0.1) is 0 Å². The molecule has 0 aromatic rings. The molecule has 4 nitrogen and oxygen atoms in total. The second-order valence-corrected chi connectivity index (χ2v) is 1.79. The lowest BCUT2D eigenvalue weighted by Gasteiger charge is -1.92. The van der Waals surface area contributed by atoms with Gasteiger partial charge >= 0.3 is 0 Å². The van der Waals surface area contributed by atoms with E-state index in [9.17, 15) is 4.79 Å². The summed E-state index contributed by atoms with van der Waals surface area (Å²) < 4.78 is 0. The number of nitrogens with one attached hydrogen (secondary N) is 1. The average Bonchev–Trinajstić information content (AvgIpc) is 1.83. The first-order valence-electron chi connectivity index (χ1n) is 2.21. The molecular weight excluding hydrogens is 138 g/mol. The predicted octanol–water partition coefficient (Wildman–Crippen LogP) is -0.606. The summed E-state index contributed by atoms with van der Waals surface area (Å²) in [4.78, 5) is 9.86. The fraction of sp³-hybridized carbons (Fsp3) is 0.250. The summed E-state index contributed by atoms with van der Waals surface area (Å²) in [6, 6.07) is 0. The molecule has 0 fully saturated rings. The zero-order valence-corrected chi connectivity index (χ0v) is 5.73. The van der Waals surface area contributed by atoms with E-state index in [2.05, 4.69) is 22.7 Å². The summed E-state index contributed by atoms with van der Waals surface area (Å²) in [5, 5.41) is 3.53. The van der Waals surface area contributed by atoms with Crippen LogP contribution in [0.1, 0.15) is 6.92 Å². The van der Waals surface area contributed by atoms with E-state index in [-0.39, 0.29) is 5.11 Å². The van der Waals surface area contributed by atoms with Crippen LogP contribution >= 0.6 is 12.2 Å². The predicted molar refractivity (Wildman–Crippen MR) is 39.1 cm³/mol. The number of aldehydes is 1. The van der Waals surface area contributed by atoms with E-state index in [0.29, 0.717) is 12.0 Å². The van der Waals surface area contributed by atoms with Gasteiger partial charge in [-0.3, -0.25) is 10.2 Å². The Morgan fingerprint density at radius 3 is 2.78 bits per heavy atom. The third-order valence-electron chi connectivity index (χ3n) is 0.513. The molecule has 3 N–H and O–H groups in total. The highest BCUT2D eigenvalue weighted by Crippen LogP contribution is 1.66. The van der Waals surface area contributed by atoms with E-state index in [1.54, 1.807) is 0 Å². The van der Waals surface area contributed by atoms with Crippen molar-refractivity contribution in [3.05, 3.63) is 0 Å². The fourth-order valence-corrected chi connectivity index (χ4v) is 0.215. The van der Waals surface area contributed by atoms with E-state index < -0.39 is 0 Å². The van der Waals surface area contributed by atoms with Crippen molar-refractivity contribution in [3.8, 4) is 0 Å². The first-order valence-corrected chi connectivity index (χ1v) is 2.62. The summed E-state index contributed by atoms with van der Waals surface area (Å²) in [5.41, 5.74) is 7.56. The van der Waals surface area contributed by atoms with E-state index in [1.165, 1.54) is 6.92 Å². The first kappa shape index (κ1) is 8.03. The first-order chi connectivity index (χ1) is 4.16. The van der Waals surface area contributed by atoms with Crippen molar-refractivity contribution in [1.82, 2.24) is 5.43 Å². The van der Waals surface area contributed by atoms with Crippen LogP contribution in [-0.2, 0) is 4.79 Å². The van der Waals surface area contributed by atoms with Gasteiger partial charge in [0.15, 0.2) is 11.4 Å². The number of hydrazone groups is 1. The fourth-order valence-electron chi connectivity index (χ4n) is 0.170. The minimum Gasteiger partial charge on any atom is -0.375 e. The lowest BCUT2D eigenvalue weighted by Crippen LogP contribution is -2.25. The smallest absolute Gasteiger partial charge is 0.184 e. The number of nitrogens with two attached hydrogens (primary N) is 1. The van der Waals surface area contributed by atoms with Gasteiger partial charge in [-0.1, -0.05) is 0 Å². The second-order valence-electron chi connectivity index (χ2n) is 1.35. The van der Waals surface area contributed by atoms with Gasteiger partial charge in [0.2, 0.25) is 0 Å². The Balaban J connectivity index is 3.69. The minimum atomic E-state index is 0.0520. The van der Waals surface area contributed by atoms with Gasteiger partial charge in [0.25, 0.3) is 0 Å². The number of thiocarbonyl (C=S) groups is 1. The van der Waals surface area contributed by atoms with Gasteiger partial charge in [0.1, 0.15) is 0 Å². The van der Waals surface area contributed by atoms with Gasteiger partial charge in [-0.05, 0) is 19.1 Å². The topological polar surface area (TPSA) is 67.5 Å². The molecule has 0 radical (unpaired) electrons. The van der Waals surface area contributed by atoms with Gasteiger partial charge in [-0.2, -0.15) is 5.10 Å². The molecule has 0 unspecified atom stereocenters. The molecule has 0 aromatic carbocycles. The molecule has 0 atom stereocenters. The summed E-state index contributed by atoms with van der Waals surface area (Å²) in [6.45, 7) is 1.54. The molecule has 9 heavy (non-hydrogen) atoms. The molecule has 0 aliphatic carbocycles. The molecule has 0 saturated carbocycles. The number of rotatable bonds is 2. The van der Waals surface area contributed by atoms with Crippen molar-refractivity contribution >= 4 is 29.3 Å². The molecule has 0 spiro atoms. The molecule has 0 aromatic heterocycles. The quantitative estimate of drug-likeness (QED) is 0.235. The molecule has 50 valence electrons. The van der Waals surface area contributed by atoms with Crippen LogP contribution in [0.15, 0.2) is 5.10 Å². The zero-order valence-electron chi connectivity index (χ0n) is 4.92. The van der Waals surface area contributed by atoms with E-state index >= 15 is 0 Å². The van der Waals surface area contributed by atoms with Crippen LogP contribution in [0.2, 0.25) is 0 Å². The number of hydrogen-bond acceptors (Lipinski definition) is 3. The van der Waals surface area contributed by atoms with Crippen LogP contribution in [0.5, 0.6) is 0 Å². The Hall–Kier alpha value is -0.970. The van der Waals surface area contributed by atoms with Gasteiger partial charge < -0.3 is 5.73 Å². The maximum atomic E-state index is 9.86. The average molecular weight is 145 g/mol. The lowest BCUT2D eigenvalue weighted by atomic mass is 10.5. The summed E-state index contributed by atoms with van der Waals surface area (Å²) >= 11 is 4.41. The van der Waals surface area contributed by atoms with E-state index in [4.69, 9.17) is 5.73 Å². The third kappa shape index (κ3) is 4.89. The summed E-state index contributed by atoms with van der Waals surface area (Å²) in [6.07, 6.45) is 0.602. The lowest BCUT2D eigenvalue weighted by molar-refractivity contribution is -0.102. The van der Waals surface area contributed by atoms with Gasteiger partial charge in [0, 0.05) is 0 Å². The number of carbonyl (C=O) groups excluding carboxylic acids is 1. The highest BCUT2D eigenvalue weighted by molar-refractivity contribution is 7.80. The molecule has 0 saturated heterocycles. The summed E-state index contributed by atoms with van der Waals surface area (Å²) in [5.74, 6) is 0. The Kier molecular flexibility index (Phi) is 3.54. The zero-order chi connectivity index (χ0) is 7.28. The normalized spacial score (nSPS) is 10.6. The number of hydrogen-bond donors (Lipinski definition) is 2. The Morgan fingerprint density at radius 2 is 2.44 bits per heavy atom. The molecule has 0 aliphatic heterocycles. The van der Waals surface area contributed by atoms with Crippen molar-refractivity contribution in [1.29, 1.82) is 0 Å². The molecule has 0 heterocycles. The third-order valence-corrected chi connectivity index (χ3v) is 0.604. The van der Waals surface area contributed by atoms with Gasteiger partial charge in [-0.15, -0.1) is 0 Å². The molecule has 0 rings (SSSR count). The van der Waals surface area contributed by atoms with Crippen LogP contribution in [0.3, 0.4) is 0 Å². The second kappa shape index (κ2) is 3.96. The highest BCUT2D eigenvalue weighted by Gasteiger charge is 1.84. The van der Waals surface area contributed by atoms with Crippen molar-refractivity contribution in [2.24, 2.45) is 10.8 Å². The van der Waals surface area contributed by atoms with E-state index in [0.717, 1.165) is 0 Å². The largest absolute Gasteiger partial charge is 0.375 e. The maximum absolute atomic E-state index is 9.86. The Bertz CT molecular complexity index is 154. The SMILES string of the molecule is C/C(C=O)=N\NC(N)=S. The van der Waals surface area contributed by atoms with Crippen LogP contribution in [0.25, 0.3) is 0 Å². The molecule has 0 amide bonds. The van der Waals surface area contributed by atoms with Crippen molar-refractivity contribution in [2.45, 2.75) is 6.92 Å². The van der Waals surface area contributed by atoms with Gasteiger partial charge in [0.05, 0.1) is 5.71 Å². The van der Waals surface area contributed by atoms with Crippen molar-refractivity contribution in [2.75, 3.05) is 0 Å². The molecule has 5 heteroatoms. The highest BCUT2D eigenvalue weighted by atomic mass is 32.1. The summed E-state index contributed by atoms with van der Waals surface area (Å²) in [7, 11) is 0.